The summed E-state index contributed by atoms with van der Waals surface area (Å²) in [6, 6.07) is 12.6. The van der Waals surface area contributed by atoms with Crippen molar-refractivity contribution in [1.82, 2.24) is 4.57 Å². The van der Waals surface area contributed by atoms with E-state index in [0.717, 1.165) is 16.7 Å². The van der Waals surface area contributed by atoms with E-state index in [1.165, 1.54) is 18.4 Å². The Morgan fingerprint density at radius 3 is 2.51 bits per heavy atom. The predicted octanol–water partition coefficient (Wildman–Crippen LogP) is 4.24. The molecule has 1 aromatic heterocycles. The molecule has 39 heavy (non-hydrogen) atoms. The molecule has 2 aromatic carbocycles. The van der Waals surface area contributed by atoms with E-state index in [2.05, 4.69) is 39.5 Å². The molecule has 8 nitrogen and oxygen atoms in total. The van der Waals surface area contributed by atoms with Gasteiger partial charge in [0.25, 0.3) is 5.56 Å². The van der Waals surface area contributed by atoms with Crippen LogP contribution in [0.2, 0.25) is 0 Å². The van der Waals surface area contributed by atoms with Gasteiger partial charge in [0.05, 0.1) is 40.0 Å². The minimum absolute atomic E-state index is 0.215. The number of thiazole rings is 1. The first-order valence-electron chi connectivity index (χ1n) is 12.4. The maximum atomic E-state index is 13.8. The highest BCUT2D eigenvalue weighted by molar-refractivity contribution is 9.10. The van der Waals surface area contributed by atoms with Crippen LogP contribution in [-0.4, -0.2) is 36.8 Å². The number of nitrogens with zero attached hydrogens (tertiary/aromatic N) is 2. The minimum atomic E-state index is -0.663. The predicted molar refractivity (Wildman–Crippen MR) is 153 cm³/mol. The molecule has 10 heteroatoms. The molecule has 1 aliphatic heterocycles. The van der Waals surface area contributed by atoms with Gasteiger partial charge in [-0.2, -0.15) is 0 Å². The zero-order valence-electron chi connectivity index (χ0n) is 22.3. The van der Waals surface area contributed by atoms with Crippen molar-refractivity contribution < 1.29 is 23.8 Å². The summed E-state index contributed by atoms with van der Waals surface area (Å²) in [6.45, 7) is 7.74. The summed E-state index contributed by atoms with van der Waals surface area (Å²) in [6.07, 6.45) is 1.76. The van der Waals surface area contributed by atoms with Crippen LogP contribution in [0.3, 0.4) is 0 Å². The van der Waals surface area contributed by atoms with Crippen LogP contribution in [0.1, 0.15) is 56.3 Å². The molecule has 0 bridgehead atoms. The summed E-state index contributed by atoms with van der Waals surface area (Å²) in [4.78, 5) is 43.4. The molecule has 0 fully saturated rings. The molecule has 0 spiro atoms. The highest BCUT2D eigenvalue weighted by Crippen LogP contribution is 2.32. The Kier molecular flexibility index (Phi) is 8.87. The minimum Gasteiger partial charge on any atom is -0.481 e. The Bertz CT molecular complexity index is 1620. The second kappa shape index (κ2) is 12.1. The summed E-state index contributed by atoms with van der Waals surface area (Å²) in [5.41, 5.74) is 3.33. The van der Waals surface area contributed by atoms with Crippen molar-refractivity contribution in [2.75, 3.05) is 20.3 Å². The lowest BCUT2D eigenvalue weighted by Gasteiger charge is -2.25. The molecule has 0 radical (unpaired) electrons. The fourth-order valence-electron chi connectivity index (χ4n) is 4.24. The number of methoxy groups -OCH3 is 1. The van der Waals surface area contributed by atoms with Crippen LogP contribution in [0.15, 0.2) is 68.0 Å². The Hall–Kier alpha value is -3.50. The van der Waals surface area contributed by atoms with Gasteiger partial charge in [-0.25, -0.2) is 14.6 Å². The number of benzene rings is 2. The van der Waals surface area contributed by atoms with Gasteiger partial charge in [0.15, 0.2) is 11.4 Å². The molecule has 1 atom stereocenters. The number of ether oxygens (including phenoxy) is 3. The number of carbonyl (C=O) groups is 2. The zero-order chi connectivity index (χ0) is 28.3. The lowest BCUT2D eigenvalue weighted by atomic mass is 9.93. The number of halogens is 1. The normalized spacial score (nSPS) is 15.2. The van der Waals surface area contributed by atoms with Crippen LogP contribution in [-0.2, 0) is 19.1 Å². The summed E-state index contributed by atoms with van der Waals surface area (Å²) in [7, 11) is 1.29. The van der Waals surface area contributed by atoms with E-state index in [1.807, 2.05) is 24.3 Å². The van der Waals surface area contributed by atoms with Crippen molar-refractivity contribution in [1.29, 1.82) is 0 Å². The van der Waals surface area contributed by atoms with Crippen molar-refractivity contribution in [2.24, 2.45) is 4.99 Å². The zero-order valence-corrected chi connectivity index (χ0v) is 24.7. The summed E-state index contributed by atoms with van der Waals surface area (Å²) in [5.74, 6) is -0.159. The first-order valence-corrected chi connectivity index (χ1v) is 14.0. The average Bonchev–Trinajstić information content (AvgIpc) is 3.21. The molecule has 0 saturated heterocycles. The molecule has 4 rings (SSSR count). The van der Waals surface area contributed by atoms with Crippen LogP contribution in [0.25, 0.3) is 6.08 Å². The Morgan fingerprint density at radius 2 is 1.90 bits per heavy atom. The summed E-state index contributed by atoms with van der Waals surface area (Å²) >= 11 is 4.71. The number of hydrogen-bond acceptors (Lipinski definition) is 8. The highest BCUT2D eigenvalue weighted by atomic mass is 79.9. The number of rotatable bonds is 8. The number of carbonyl (C=O) groups excluding carboxylic acids is 2. The molecule has 0 amide bonds. The SMILES string of the molecule is CCOC(=O)C1=C(C)N=c2s/c(=C/c3ccc(OCC(=O)OC)c(Br)c3)c(=O)n2[C@H]1c1ccc(C(C)C)cc1. The van der Waals surface area contributed by atoms with Crippen LogP contribution < -0.4 is 19.6 Å². The molecular weight excluding hydrogens is 584 g/mol. The third kappa shape index (κ3) is 6.07. The van der Waals surface area contributed by atoms with Gasteiger partial charge in [0, 0.05) is 0 Å². The third-order valence-corrected chi connectivity index (χ3v) is 7.87. The molecule has 0 unspecified atom stereocenters. The van der Waals surface area contributed by atoms with Crippen molar-refractivity contribution in [3.63, 3.8) is 0 Å². The maximum Gasteiger partial charge on any atom is 0.343 e. The number of fused-ring (bicyclic) bond motifs is 1. The molecule has 0 saturated carbocycles. The fraction of sp³-hybridized carbons (Fsp3) is 0.310. The van der Waals surface area contributed by atoms with E-state index >= 15 is 0 Å². The maximum absolute atomic E-state index is 13.8. The second-order valence-corrected chi connectivity index (χ2v) is 11.0. The lowest BCUT2D eigenvalue weighted by Crippen LogP contribution is -2.39. The van der Waals surface area contributed by atoms with Crippen LogP contribution >= 0.6 is 27.3 Å². The molecule has 1 aliphatic rings. The molecular formula is C29H29BrN2O6S. The van der Waals surface area contributed by atoms with E-state index in [1.54, 1.807) is 42.7 Å². The summed E-state index contributed by atoms with van der Waals surface area (Å²) in [5, 5.41) is 0. The van der Waals surface area contributed by atoms with E-state index < -0.39 is 18.0 Å². The molecule has 3 aromatic rings. The number of esters is 2. The quantitative estimate of drug-likeness (QED) is 0.353. The Labute approximate surface area is 238 Å². The van der Waals surface area contributed by atoms with Gasteiger partial charge in [-0.1, -0.05) is 55.5 Å². The second-order valence-electron chi connectivity index (χ2n) is 9.18. The van der Waals surface area contributed by atoms with Gasteiger partial charge < -0.3 is 14.2 Å². The van der Waals surface area contributed by atoms with E-state index in [4.69, 9.17) is 9.47 Å². The van der Waals surface area contributed by atoms with Gasteiger partial charge in [0.2, 0.25) is 0 Å². The number of aromatic nitrogens is 1. The van der Waals surface area contributed by atoms with Crippen LogP contribution in [0.4, 0.5) is 0 Å². The largest absolute Gasteiger partial charge is 0.481 e. The fourth-order valence-corrected chi connectivity index (χ4v) is 5.80. The topological polar surface area (TPSA) is 96.2 Å². The number of hydrogen-bond donors (Lipinski definition) is 0. The molecule has 0 N–H and O–H groups in total. The van der Waals surface area contributed by atoms with Crippen LogP contribution in [0, 0.1) is 0 Å². The van der Waals surface area contributed by atoms with Gasteiger partial charge in [-0.05, 0) is 70.6 Å². The monoisotopic (exact) mass is 612 g/mol. The Balaban J connectivity index is 1.80. The highest BCUT2D eigenvalue weighted by Gasteiger charge is 2.33. The average molecular weight is 614 g/mol. The van der Waals surface area contributed by atoms with Gasteiger partial charge >= 0.3 is 11.9 Å². The van der Waals surface area contributed by atoms with Gasteiger partial charge in [0.1, 0.15) is 5.75 Å². The molecule has 204 valence electrons. The van der Waals surface area contributed by atoms with Crippen molar-refractivity contribution in [3.05, 3.63) is 94.6 Å². The molecule has 0 aliphatic carbocycles. The smallest absolute Gasteiger partial charge is 0.343 e. The van der Waals surface area contributed by atoms with Gasteiger partial charge in [-0.3, -0.25) is 9.36 Å². The van der Waals surface area contributed by atoms with E-state index in [-0.39, 0.29) is 18.8 Å². The van der Waals surface area contributed by atoms with Crippen molar-refractivity contribution >= 4 is 45.3 Å². The number of allylic oxidation sites excluding steroid dienone is 1. The Morgan fingerprint density at radius 1 is 1.18 bits per heavy atom. The molecule has 2 heterocycles. The summed E-state index contributed by atoms with van der Waals surface area (Å²) < 4.78 is 18.1. The first kappa shape index (κ1) is 28.5. The van der Waals surface area contributed by atoms with E-state index in [9.17, 15) is 14.4 Å². The van der Waals surface area contributed by atoms with Gasteiger partial charge in [-0.15, -0.1) is 0 Å². The lowest BCUT2D eigenvalue weighted by molar-refractivity contribution is -0.143. The van der Waals surface area contributed by atoms with Crippen molar-refractivity contribution in [3.8, 4) is 5.75 Å². The van der Waals surface area contributed by atoms with Crippen molar-refractivity contribution in [2.45, 2.75) is 39.7 Å². The standard InChI is InChI=1S/C29H29BrN2O6S/c1-6-37-28(35)25-17(4)31-29-32(26(25)20-10-8-19(9-11-20)16(2)3)27(34)23(39-29)14-18-7-12-22(21(30)13-18)38-15-24(33)36-5/h7-14,16,26H,6,15H2,1-5H3/b23-14+/t26-/m0/s1. The first-order chi connectivity index (χ1) is 18.6. The van der Waals surface area contributed by atoms with Crippen LogP contribution in [0.5, 0.6) is 5.75 Å². The van der Waals surface area contributed by atoms with E-state index in [0.29, 0.717) is 36.7 Å². The third-order valence-electron chi connectivity index (χ3n) is 6.26.